The van der Waals surface area contributed by atoms with E-state index in [1.54, 1.807) is 11.3 Å². The van der Waals surface area contributed by atoms with Gasteiger partial charge in [-0.3, -0.25) is 4.79 Å². The summed E-state index contributed by atoms with van der Waals surface area (Å²) in [6.45, 7) is 3.92. The number of thiophene rings is 1. The molecule has 0 radical (unpaired) electrons. The molecule has 2 heterocycles. The number of rotatable bonds is 2. The van der Waals surface area contributed by atoms with Crippen molar-refractivity contribution in [1.82, 2.24) is 0 Å². The molecule has 1 N–H and O–H groups in total. The van der Waals surface area contributed by atoms with Crippen LogP contribution in [-0.2, 0) is 10.2 Å². The minimum Gasteiger partial charge on any atom is -0.325 e. The van der Waals surface area contributed by atoms with Crippen LogP contribution in [0.15, 0.2) is 34.1 Å². The average Bonchev–Trinajstić information content (AvgIpc) is 2.92. The zero-order valence-corrected chi connectivity index (χ0v) is 15.0. The molecule has 1 amide bonds. The van der Waals surface area contributed by atoms with E-state index in [9.17, 15) is 4.79 Å². The predicted molar refractivity (Wildman–Crippen MR) is 90.9 cm³/mol. The van der Waals surface area contributed by atoms with Crippen molar-refractivity contribution < 1.29 is 4.79 Å². The average molecular weight is 415 g/mol. The largest absolute Gasteiger partial charge is 0.325 e. The van der Waals surface area contributed by atoms with Crippen LogP contribution >= 0.6 is 43.2 Å². The van der Waals surface area contributed by atoms with E-state index in [1.165, 1.54) is 4.88 Å². The molecule has 1 unspecified atom stereocenters. The van der Waals surface area contributed by atoms with E-state index in [-0.39, 0.29) is 10.7 Å². The summed E-state index contributed by atoms with van der Waals surface area (Å²) in [5.41, 5.74) is 2.69. The van der Waals surface area contributed by atoms with Crippen molar-refractivity contribution in [2.45, 2.75) is 24.1 Å². The van der Waals surface area contributed by atoms with E-state index in [0.717, 1.165) is 21.3 Å². The van der Waals surface area contributed by atoms with Crippen molar-refractivity contribution in [1.29, 1.82) is 0 Å². The fourth-order valence-electron chi connectivity index (χ4n) is 2.38. The van der Waals surface area contributed by atoms with Gasteiger partial charge in [0.05, 0.1) is 10.2 Å². The molecule has 0 saturated heterocycles. The van der Waals surface area contributed by atoms with Crippen molar-refractivity contribution >= 4 is 54.8 Å². The molecule has 1 aromatic carbocycles. The Kier molecular flexibility index (Phi) is 3.55. The highest BCUT2D eigenvalue weighted by Gasteiger charge is 2.38. The highest BCUT2D eigenvalue weighted by molar-refractivity contribution is 9.11. The van der Waals surface area contributed by atoms with Gasteiger partial charge < -0.3 is 5.32 Å². The van der Waals surface area contributed by atoms with Crippen molar-refractivity contribution in [3.05, 3.63) is 50.1 Å². The van der Waals surface area contributed by atoms with Crippen molar-refractivity contribution in [3.63, 3.8) is 0 Å². The zero-order chi connectivity index (χ0) is 14.5. The Labute approximate surface area is 138 Å². The zero-order valence-electron chi connectivity index (χ0n) is 11.0. The molecule has 104 valence electrons. The second-order valence-corrected chi connectivity index (χ2v) is 8.10. The summed E-state index contributed by atoms with van der Waals surface area (Å²) in [6.07, 6.45) is 0. The Bertz CT molecular complexity index is 693. The van der Waals surface area contributed by atoms with Gasteiger partial charge in [0.1, 0.15) is 0 Å². The Morgan fingerprint density at radius 3 is 2.70 bits per heavy atom. The maximum absolute atomic E-state index is 12.0. The van der Waals surface area contributed by atoms with E-state index in [4.69, 9.17) is 0 Å². The third-order valence-corrected chi connectivity index (χ3v) is 6.93. The highest BCUT2D eigenvalue weighted by Crippen LogP contribution is 2.43. The van der Waals surface area contributed by atoms with Crippen LogP contribution in [0.3, 0.4) is 0 Å². The van der Waals surface area contributed by atoms with E-state index in [2.05, 4.69) is 60.8 Å². The Balaban J connectivity index is 2.04. The predicted octanol–water partition coefficient (Wildman–Crippen LogP) is 5.22. The molecular formula is C15H13Br2NOS. The molecule has 0 bridgehead atoms. The first-order chi connectivity index (χ1) is 9.41. The molecular weight excluding hydrogens is 402 g/mol. The lowest BCUT2D eigenvalue weighted by Crippen LogP contribution is -2.26. The Morgan fingerprint density at radius 2 is 2.05 bits per heavy atom. The monoisotopic (exact) mass is 413 g/mol. The molecule has 1 aliphatic heterocycles. The summed E-state index contributed by atoms with van der Waals surface area (Å²) < 4.78 is 1.11. The number of alkyl halides is 1. The number of carbonyl (C=O) groups is 1. The molecule has 0 fully saturated rings. The molecule has 20 heavy (non-hydrogen) atoms. The first kappa shape index (κ1) is 14.3. The van der Waals surface area contributed by atoms with Crippen LogP contribution in [0.4, 0.5) is 5.69 Å². The van der Waals surface area contributed by atoms with Crippen LogP contribution < -0.4 is 5.32 Å². The van der Waals surface area contributed by atoms with Gasteiger partial charge in [0.25, 0.3) is 0 Å². The summed E-state index contributed by atoms with van der Waals surface area (Å²) in [5, 5.41) is 5.00. The van der Waals surface area contributed by atoms with Gasteiger partial charge in [-0.25, -0.2) is 0 Å². The number of hydrogen-bond donors (Lipinski definition) is 1. The number of nitrogens with one attached hydrogen (secondary N) is 1. The van der Waals surface area contributed by atoms with Crippen LogP contribution in [-0.4, -0.2) is 5.91 Å². The number of halogens is 2. The summed E-state index contributed by atoms with van der Waals surface area (Å²) in [4.78, 5) is 13.4. The molecule has 1 aromatic heterocycles. The fourth-order valence-corrected chi connectivity index (χ4v) is 5.15. The summed E-state index contributed by atoms with van der Waals surface area (Å²) >= 11 is 9.04. The van der Waals surface area contributed by atoms with Gasteiger partial charge in [-0.1, -0.05) is 28.1 Å². The summed E-state index contributed by atoms with van der Waals surface area (Å²) in [7, 11) is 0. The molecule has 1 aliphatic rings. The standard InChI is InChI=1S/C15H13Br2NOS/c1-15(2)9-7-8(3-4-11(9)18-14(15)19)12(17)13-10(16)5-6-20-13/h3-7,12H,1-2H3,(H,18,19). The van der Waals surface area contributed by atoms with Crippen LogP contribution in [0.2, 0.25) is 0 Å². The quantitative estimate of drug-likeness (QED) is 0.670. The van der Waals surface area contributed by atoms with E-state index < -0.39 is 5.41 Å². The number of fused-ring (bicyclic) bond motifs is 1. The van der Waals surface area contributed by atoms with Gasteiger partial charge in [0.2, 0.25) is 5.91 Å². The highest BCUT2D eigenvalue weighted by atomic mass is 79.9. The molecule has 5 heteroatoms. The lowest BCUT2D eigenvalue weighted by Gasteiger charge is -2.17. The maximum atomic E-state index is 12.0. The topological polar surface area (TPSA) is 29.1 Å². The van der Waals surface area contributed by atoms with E-state index >= 15 is 0 Å². The fraction of sp³-hybridized carbons (Fsp3) is 0.267. The third kappa shape index (κ3) is 2.16. The van der Waals surface area contributed by atoms with Gasteiger partial charge in [0, 0.05) is 15.0 Å². The van der Waals surface area contributed by atoms with Crippen molar-refractivity contribution in [2.24, 2.45) is 0 Å². The van der Waals surface area contributed by atoms with Gasteiger partial charge in [-0.05, 0) is 58.4 Å². The number of carbonyl (C=O) groups excluding carboxylic acids is 1. The molecule has 0 saturated carbocycles. The smallest absolute Gasteiger partial charge is 0.234 e. The van der Waals surface area contributed by atoms with E-state index in [1.807, 2.05) is 19.9 Å². The van der Waals surface area contributed by atoms with Crippen molar-refractivity contribution in [2.75, 3.05) is 5.32 Å². The second kappa shape index (κ2) is 4.97. The van der Waals surface area contributed by atoms with Crippen LogP contribution in [0.1, 0.15) is 34.7 Å². The SMILES string of the molecule is CC1(C)C(=O)Nc2ccc(C(Br)c3sccc3Br)cc21. The lowest BCUT2D eigenvalue weighted by molar-refractivity contribution is -0.119. The van der Waals surface area contributed by atoms with Gasteiger partial charge in [-0.15, -0.1) is 11.3 Å². The maximum Gasteiger partial charge on any atom is 0.234 e. The van der Waals surface area contributed by atoms with Crippen molar-refractivity contribution in [3.8, 4) is 0 Å². The minimum absolute atomic E-state index is 0.0630. The Morgan fingerprint density at radius 1 is 1.30 bits per heavy atom. The summed E-state index contributed by atoms with van der Waals surface area (Å²) in [6, 6.07) is 8.23. The molecule has 0 aliphatic carbocycles. The first-order valence-corrected chi connectivity index (χ1v) is 8.83. The van der Waals surface area contributed by atoms with Crippen LogP contribution in [0.5, 0.6) is 0 Å². The van der Waals surface area contributed by atoms with Gasteiger partial charge in [-0.2, -0.15) is 0 Å². The molecule has 0 spiro atoms. The minimum atomic E-state index is -0.468. The van der Waals surface area contributed by atoms with Gasteiger partial charge >= 0.3 is 0 Å². The number of hydrogen-bond acceptors (Lipinski definition) is 2. The molecule has 1 atom stereocenters. The second-order valence-electron chi connectivity index (χ2n) is 5.38. The van der Waals surface area contributed by atoms with Crippen LogP contribution in [0.25, 0.3) is 0 Å². The van der Waals surface area contributed by atoms with E-state index in [0.29, 0.717) is 0 Å². The molecule has 2 nitrogen and oxygen atoms in total. The number of benzene rings is 1. The lowest BCUT2D eigenvalue weighted by atomic mass is 9.85. The number of amides is 1. The number of anilines is 1. The first-order valence-electron chi connectivity index (χ1n) is 6.24. The summed E-state index contributed by atoms with van der Waals surface area (Å²) in [5.74, 6) is 0.0630. The van der Waals surface area contributed by atoms with Gasteiger partial charge in [0.15, 0.2) is 0 Å². The Hall–Kier alpha value is -0.650. The normalized spacial score (nSPS) is 17.7. The molecule has 2 aromatic rings. The third-order valence-electron chi connectivity index (χ3n) is 3.70. The molecule has 3 rings (SSSR count). The van der Waals surface area contributed by atoms with Crippen LogP contribution in [0, 0.1) is 0 Å².